The van der Waals surface area contributed by atoms with E-state index >= 15 is 0 Å². The second kappa shape index (κ2) is 14.5. The topological polar surface area (TPSA) is 239 Å². The Kier molecular flexibility index (Phi) is 12.9. The lowest BCUT2D eigenvalue weighted by Gasteiger charge is -2.07. The average molecular weight is 453 g/mol. The molecular formula is C20H31N5O7. The minimum Gasteiger partial charge on any atom is -0.508 e. The Balaban J connectivity index is 0.000000465. The number of nitrogens with one attached hydrogen (secondary N) is 1. The van der Waals surface area contributed by atoms with Crippen molar-refractivity contribution in [1.82, 2.24) is 9.97 Å². The summed E-state index contributed by atoms with van der Waals surface area (Å²) < 4.78 is 0. The molecule has 3 atom stereocenters. The van der Waals surface area contributed by atoms with Crippen molar-refractivity contribution in [3.63, 3.8) is 0 Å². The number of aromatic nitrogens is 2. The fraction of sp³-hybridized carbons (Fsp3) is 0.400. The first-order valence-corrected chi connectivity index (χ1v) is 9.55. The van der Waals surface area contributed by atoms with Gasteiger partial charge in [0.25, 0.3) is 0 Å². The molecule has 0 radical (unpaired) electrons. The molecule has 1 aromatic carbocycles. The molecule has 0 saturated carbocycles. The van der Waals surface area contributed by atoms with Gasteiger partial charge in [0.2, 0.25) is 0 Å². The van der Waals surface area contributed by atoms with Gasteiger partial charge in [-0.25, -0.2) is 4.98 Å². The van der Waals surface area contributed by atoms with Crippen LogP contribution in [0, 0.1) is 5.92 Å². The first kappa shape index (κ1) is 28.5. The molecule has 0 bridgehead atoms. The van der Waals surface area contributed by atoms with Crippen molar-refractivity contribution in [3.05, 3.63) is 48.0 Å². The molecule has 0 amide bonds. The quantitative estimate of drug-likeness (QED) is 0.259. The fourth-order valence-corrected chi connectivity index (χ4v) is 1.98. The van der Waals surface area contributed by atoms with E-state index in [0.29, 0.717) is 0 Å². The van der Waals surface area contributed by atoms with Gasteiger partial charge in [0.15, 0.2) is 0 Å². The molecule has 0 aliphatic heterocycles. The maximum absolute atomic E-state index is 10.4. The molecule has 2 unspecified atom stereocenters. The van der Waals surface area contributed by atoms with E-state index in [9.17, 15) is 14.4 Å². The molecule has 12 heteroatoms. The molecule has 1 heterocycles. The van der Waals surface area contributed by atoms with Crippen molar-refractivity contribution in [2.75, 3.05) is 0 Å². The lowest BCUT2D eigenvalue weighted by Crippen LogP contribution is -2.34. The number of rotatable bonds is 8. The average Bonchev–Trinajstić information content (AvgIpc) is 3.22. The van der Waals surface area contributed by atoms with Crippen LogP contribution in [0.15, 0.2) is 36.8 Å². The highest BCUT2D eigenvalue weighted by molar-refractivity contribution is 5.74. The molecular weight excluding hydrogens is 422 g/mol. The molecule has 11 N–H and O–H groups in total. The van der Waals surface area contributed by atoms with Gasteiger partial charge >= 0.3 is 17.9 Å². The summed E-state index contributed by atoms with van der Waals surface area (Å²) in [5, 5.41) is 34.1. The van der Waals surface area contributed by atoms with E-state index in [1.165, 1.54) is 18.5 Å². The first-order chi connectivity index (χ1) is 14.8. The second-order valence-electron chi connectivity index (χ2n) is 7.15. The SMILES string of the molecule is CC(C)[C@H](N)C(=O)O.NC(Cc1ccc(O)cc1)C(=O)O.NC(Cc1cnc[nH]1)C(=O)O. The van der Waals surface area contributed by atoms with Crippen molar-refractivity contribution in [1.29, 1.82) is 0 Å². The number of hydrogen-bond donors (Lipinski definition) is 8. The minimum atomic E-state index is -1.02. The van der Waals surface area contributed by atoms with Crippen LogP contribution in [0.1, 0.15) is 25.1 Å². The number of carboxylic acid groups (broad SMARTS) is 3. The summed E-state index contributed by atoms with van der Waals surface area (Å²) in [5.41, 5.74) is 17.3. The zero-order chi connectivity index (χ0) is 24.8. The smallest absolute Gasteiger partial charge is 0.320 e. The third-order valence-electron chi connectivity index (χ3n) is 4.02. The summed E-state index contributed by atoms with van der Waals surface area (Å²) in [6.07, 6.45) is 3.61. The molecule has 12 nitrogen and oxygen atoms in total. The van der Waals surface area contributed by atoms with Gasteiger partial charge in [-0.1, -0.05) is 26.0 Å². The highest BCUT2D eigenvalue weighted by Crippen LogP contribution is 2.10. The molecule has 0 spiro atoms. The molecule has 0 fully saturated rings. The number of phenolic OH excluding ortho intramolecular Hbond substituents is 1. The summed E-state index contributed by atoms with van der Waals surface area (Å²) in [4.78, 5) is 37.2. The Hall–Kier alpha value is -3.48. The first-order valence-electron chi connectivity index (χ1n) is 9.55. The van der Waals surface area contributed by atoms with Gasteiger partial charge in [-0.15, -0.1) is 0 Å². The van der Waals surface area contributed by atoms with Crippen molar-refractivity contribution < 1.29 is 34.8 Å². The molecule has 0 aliphatic carbocycles. The Labute approximate surface area is 185 Å². The predicted molar refractivity (Wildman–Crippen MR) is 116 cm³/mol. The molecule has 2 aromatic rings. The summed E-state index contributed by atoms with van der Waals surface area (Å²) in [6, 6.07) is 3.86. The number of H-pyrrole nitrogens is 1. The summed E-state index contributed by atoms with van der Waals surface area (Å²) in [5.74, 6) is -2.77. The number of carbonyl (C=O) groups is 3. The van der Waals surface area contributed by atoms with Crippen LogP contribution in [0.2, 0.25) is 0 Å². The van der Waals surface area contributed by atoms with E-state index < -0.39 is 36.0 Å². The predicted octanol–water partition coefficient (Wildman–Crippen LogP) is -0.235. The number of nitrogens with zero attached hydrogens (tertiary/aromatic N) is 1. The van der Waals surface area contributed by atoms with Gasteiger partial charge in [-0.05, 0) is 30.0 Å². The van der Waals surface area contributed by atoms with Gasteiger partial charge in [0.05, 0.1) is 6.33 Å². The standard InChI is InChI=1S/C9H11NO3.C6H9N3O2.C5H11NO2/c10-8(9(12)13)5-6-1-3-7(11)4-2-6;7-5(6(10)11)1-4-2-8-3-9-4;1-3(2)4(6)5(7)8/h1-4,8,11H,5,10H2,(H,12,13);2-3,5H,1,7H2,(H,8,9)(H,10,11);3-4H,6H2,1-2H3,(H,7,8)/t;;4-/m..0/s1. The Morgan fingerprint density at radius 3 is 1.75 bits per heavy atom. The number of imidazole rings is 1. The molecule has 1 aromatic heterocycles. The lowest BCUT2D eigenvalue weighted by atomic mass is 10.1. The van der Waals surface area contributed by atoms with Crippen molar-refractivity contribution in [2.24, 2.45) is 23.1 Å². The van der Waals surface area contributed by atoms with E-state index in [2.05, 4.69) is 9.97 Å². The second-order valence-corrected chi connectivity index (χ2v) is 7.15. The molecule has 0 saturated heterocycles. The maximum atomic E-state index is 10.4. The normalized spacial score (nSPS) is 12.9. The van der Waals surface area contributed by atoms with E-state index in [0.717, 1.165) is 11.3 Å². The van der Waals surface area contributed by atoms with Crippen LogP contribution in [0.5, 0.6) is 5.75 Å². The third-order valence-corrected chi connectivity index (χ3v) is 4.02. The number of carboxylic acids is 3. The van der Waals surface area contributed by atoms with E-state index in [4.69, 9.17) is 37.6 Å². The van der Waals surface area contributed by atoms with Gasteiger partial charge in [0, 0.05) is 18.3 Å². The Bertz CT molecular complexity index is 825. The number of aliphatic carboxylic acids is 3. The Morgan fingerprint density at radius 2 is 1.41 bits per heavy atom. The van der Waals surface area contributed by atoms with Gasteiger partial charge in [-0.2, -0.15) is 0 Å². The van der Waals surface area contributed by atoms with Crippen LogP contribution in [-0.2, 0) is 27.2 Å². The molecule has 0 aliphatic rings. The molecule has 2 rings (SSSR count). The van der Waals surface area contributed by atoms with Gasteiger partial charge in [0.1, 0.15) is 23.9 Å². The number of benzene rings is 1. The number of hydrogen-bond acceptors (Lipinski definition) is 8. The summed E-state index contributed by atoms with van der Waals surface area (Å²) >= 11 is 0. The summed E-state index contributed by atoms with van der Waals surface area (Å²) in [7, 11) is 0. The fourth-order valence-electron chi connectivity index (χ4n) is 1.98. The monoisotopic (exact) mass is 453 g/mol. The highest BCUT2D eigenvalue weighted by atomic mass is 16.4. The third kappa shape index (κ3) is 12.3. The van der Waals surface area contributed by atoms with Crippen LogP contribution in [-0.4, -0.2) is 66.4 Å². The molecule has 32 heavy (non-hydrogen) atoms. The zero-order valence-corrected chi connectivity index (χ0v) is 17.9. The number of aromatic hydroxyl groups is 1. The van der Waals surface area contributed by atoms with Crippen LogP contribution < -0.4 is 17.2 Å². The van der Waals surface area contributed by atoms with Crippen LogP contribution in [0.25, 0.3) is 0 Å². The van der Waals surface area contributed by atoms with Crippen LogP contribution in [0.4, 0.5) is 0 Å². The Morgan fingerprint density at radius 1 is 0.906 bits per heavy atom. The van der Waals surface area contributed by atoms with Gasteiger partial charge in [-0.3, -0.25) is 14.4 Å². The van der Waals surface area contributed by atoms with Crippen LogP contribution >= 0.6 is 0 Å². The van der Waals surface area contributed by atoms with Crippen molar-refractivity contribution in [2.45, 2.75) is 44.8 Å². The largest absolute Gasteiger partial charge is 0.508 e. The lowest BCUT2D eigenvalue weighted by molar-refractivity contribution is -0.140. The van der Waals surface area contributed by atoms with Crippen LogP contribution in [0.3, 0.4) is 0 Å². The summed E-state index contributed by atoms with van der Waals surface area (Å²) in [6.45, 7) is 3.55. The van der Waals surface area contributed by atoms with Gasteiger partial charge < -0.3 is 42.6 Å². The number of aromatic amines is 1. The van der Waals surface area contributed by atoms with Crippen molar-refractivity contribution in [3.8, 4) is 5.75 Å². The number of phenols is 1. The maximum Gasteiger partial charge on any atom is 0.320 e. The van der Waals surface area contributed by atoms with E-state index in [-0.39, 0.29) is 24.5 Å². The highest BCUT2D eigenvalue weighted by Gasteiger charge is 2.14. The zero-order valence-electron chi connectivity index (χ0n) is 17.9. The number of nitrogens with two attached hydrogens (primary N) is 3. The molecule has 178 valence electrons. The van der Waals surface area contributed by atoms with E-state index in [1.807, 2.05) is 0 Å². The minimum absolute atomic E-state index is 0.0208. The van der Waals surface area contributed by atoms with Crippen molar-refractivity contribution >= 4 is 17.9 Å². The van der Waals surface area contributed by atoms with E-state index in [1.54, 1.807) is 32.2 Å².